The van der Waals surface area contributed by atoms with E-state index in [1.165, 1.54) is 0 Å². The third kappa shape index (κ3) is 4.14. The molecule has 0 spiro atoms. The molecule has 0 atom stereocenters. The summed E-state index contributed by atoms with van der Waals surface area (Å²) in [6.07, 6.45) is 2.12. The maximum Gasteiger partial charge on any atom is 0.189 e. The van der Waals surface area contributed by atoms with Crippen LogP contribution >= 0.6 is 0 Å². The van der Waals surface area contributed by atoms with Crippen LogP contribution in [-0.4, -0.2) is 44.6 Å². The van der Waals surface area contributed by atoms with Crippen LogP contribution in [0.2, 0.25) is 0 Å². The van der Waals surface area contributed by atoms with E-state index in [9.17, 15) is 0 Å². The topological polar surface area (TPSA) is 18.5 Å². The van der Waals surface area contributed by atoms with Crippen molar-refractivity contribution in [3.05, 3.63) is 11.8 Å². The van der Waals surface area contributed by atoms with Gasteiger partial charge in [-0.2, -0.15) is 0 Å². The van der Waals surface area contributed by atoms with E-state index in [1.807, 2.05) is 13.8 Å². The molecule has 1 aliphatic heterocycles. The van der Waals surface area contributed by atoms with Crippen molar-refractivity contribution in [3.63, 3.8) is 0 Å². The molecular weight excluding hydrogens is 293 g/mol. The van der Waals surface area contributed by atoms with Gasteiger partial charge in [0.2, 0.25) is 0 Å². The van der Waals surface area contributed by atoms with Crippen LogP contribution in [0.5, 0.6) is 0 Å². The van der Waals surface area contributed by atoms with Gasteiger partial charge in [-0.3, -0.25) is 0 Å². The van der Waals surface area contributed by atoms with Gasteiger partial charge in [0.25, 0.3) is 0 Å². The monoisotopic (exact) mass is 313 g/mol. The van der Waals surface area contributed by atoms with Crippen LogP contribution in [0.25, 0.3) is 0 Å². The van der Waals surface area contributed by atoms with Crippen molar-refractivity contribution in [2.75, 3.05) is 34.5 Å². The van der Waals surface area contributed by atoms with E-state index in [2.05, 4.69) is 27.2 Å². The molecule has 1 rings (SSSR count). The molecule has 84 valence electrons. The fourth-order valence-corrected chi connectivity index (χ4v) is 1.15. The predicted octanol–water partition coefficient (Wildman–Crippen LogP) is -1.64. The molecule has 1 aliphatic rings. The Morgan fingerprint density at radius 1 is 1.36 bits per heavy atom. The zero-order valence-corrected chi connectivity index (χ0v) is 11.8. The summed E-state index contributed by atoms with van der Waals surface area (Å²) < 4.78 is 11.7. The lowest BCUT2D eigenvalue weighted by molar-refractivity contribution is -0.864. The molecule has 0 aromatic rings. The fourth-order valence-electron chi connectivity index (χ4n) is 1.15. The van der Waals surface area contributed by atoms with Gasteiger partial charge in [-0.25, -0.2) is 0 Å². The molecule has 1 heterocycles. The summed E-state index contributed by atoms with van der Waals surface area (Å²) in [5.74, 6) is 0.959. The highest BCUT2D eigenvalue weighted by Crippen LogP contribution is 2.27. The van der Waals surface area contributed by atoms with Crippen LogP contribution in [0.15, 0.2) is 11.8 Å². The second-order valence-corrected chi connectivity index (χ2v) is 4.96. The van der Waals surface area contributed by atoms with Gasteiger partial charge < -0.3 is 37.9 Å². The number of rotatable bonds is 2. The van der Waals surface area contributed by atoms with Gasteiger partial charge in [0, 0.05) is 6.08 Å². The molecule has 0 bridgehead atoms. The van der Waals surface area contributed by atoms with Crippen LogP contribution in [-0.2, 0) is 9.47 Å². The quantitative estimate of drug-likeness (QED) is 0.450. The first kappa shape index (κ1) is 14.2. The maximum absolute atomic E-state index is 5.42. The lowest BCUT2D eigenvalue weighted by Crippen LogP contribution is -3.00. The summed E-state index contributed by atoms with van der Waals surface area (Å²) in [4.78, 5) is 0. The number of ether oxygens (including phenoxy) is 2. The summed E-state index contributed by atoms with van der Waals surface area (Å²) in [5, 5.41) is 0. The molecule has 0 unspecified atom stereocenters. The average Bonchev–Trinajstić information content (AvgIpc) is 2.23. The lowest BCUT2D eigenvalue weighted by Gasteiger charge is -2.23. The first-order valence-corrected chi connectivity index (χ1v) is 4.59. The summed E-state index contributed by atoms with van der Waals surface area (Å²) in [5.41, 5.74) is -0.241. The van der Waals surface area contributed by atoms with Crippen LogP contribution in [0, 0.1) is 0 Å². The molecule has 3 nitrogen and oxygen atoms in total. The normalized spacial score (nSPS) is 23.1. The number of hydrogen-bond acceptors (Lipinski definition) is 2. The van der Waals surface area contributed by atoms with Crippen LogP contribution < -0.4 is 24.0 Å². The van der Waals surface area contributed by atoms with E-state index in [1.54, 1.807) is 0 Å². The number of hydrogen-bond donors (Lipinski definition) is 0. The van der Waals surface area contributed by atoms with Crippen LogP contribution in [0.1, 0.15) is 13.8 Å². The number of quaternary nitrogens is 1. The molecule has 1 fully saturated rings. The Morgan fingerprint density at radius 2 is 1.93 bits per heavy atom. The molecule has 0 aliphatic carbocycles. The smallest absolute Gasteiger partial charge is 0.189 e. The summed E-state index contributed by atoms with van der Waals surface area (Å²) in [6, 6.07) is 0. The SMILES string of the molecule is CC1(C)OCO/C1=C/C[N+](C)(C)C.[I-]. The summed E-state index contributed by atoms with van der Waals surface area (Å²) >= 11 is 0. The number of likely N-dealkylation sites (N-methyl/N-ethyl adjacent to an activating group) is 1. The lowest BCUT2D eigenvalue weighted by atomic mass is 10.1. The molecule has 0 aromatic heterocycles. The molecule has 0 aromatic carbocycles. The van der Waals surface area contributed by atoms with E-state index >= 15 is 0 Å². The largest absolute Gasteiger partial charge is 1.00 e. The van der Waals surface area contributed by atoms with Crippen LogP contribution in [0.4, 0.5) is 0 Å². The third-order valence-electron chi connectivity index (χ3n) is 2.05. The predicted molar refractivity (Wildman–Crippen MR) is 52.1 cm³/mol. The van der Waals surface area contributed by atoms with E-state index < -0.39 is 0 Å². The highest BCUT2D eigenvalue weighted by Gasteiger charge is 2.32. The Balaban J connectivity index is 0.00000169. The Kier molecular flexibility index (Phi) is 4.87. The van der Waals surface area contributed by atoms with Crippen molar-refractivity contribution in [1.82, 2.24) is 0 Å². The van der Waals surface area contributed by atoms with Crippen molar-refractivity contribution in [3.8, 4) is 0 Å². The third-order valence-corrected chi connectivity index (χ3v) is 2.05. The van der Waals surface area contributed by atoms with E-state index in [0.29, 0.717) is 6.79 Å². The highest BCUT2D eigenvalue weighted by atomic mass is 127. The molecule has 0 N–H and O–H groups in total. The van der Waals surface area contributed by atoms with E-state index in [4.69, 9.17) is 9.47 Å². The fraction of sp³-hybridized carbons (Fsp3) is 0.800. The minimum atomic E-state index is -0.241. The van der Waals surface area contributed by atoms with Gasteiger partial charge in [0.1, 0.15) is 17.9 Å². The Labute approximate surface area is 104 Å². The second-order valence-electron chi connectivity index (χ2n) is 4.96. The zero-order valence-electron chi connectivity index (χ0n) is 9.63. The van der Waals surface area contributed by atoms with Gasteiger partial charge in [0.15, 0.2) is 6.79 Å². The van der Waals surface area contributed by atoms with Gasteiger partial charge in [-0.1, -0.05) is 0 Å². The van der Waals surface area contributed by atoms with Crippen molar-refractivity contribution in [2.45, 2.75) is 19.4 Å². The Hall–Kier alpha value is 0.190. The molecule has 0 saturated carbocycles. The van der Waals surface area contributed by atoms with Gasteiger partial charge in [-0.05, 0) is 13.8 Å². The van der Waals surface area contributed by atoms with Crippen molar-refractivity contribution in [2.24, 2.45) is 0 Å². The van der Waals surface area contributed by atoms with Crippen molar-refractivity contribution >= 4 is 0 Å². The zero-order chi connectivity index (χ0) is 10.1. The average molecular weight is 313 g/mol. The Bertz CT molecular complexity index is 219. The number of nitrogens with zero attached hydrogens (tertiary/aromatic N) is 1. The van der Waals surface area contributed by atoms with Crippen LogP contribution in [0.3, 0.4) is 0 Å². The van der Waals surface area contributed by atoms with Gasteiger partial charge in [0.05, 0.1) is 21.1 Å². The first-order valence-electron chi connectivity index (χ1n) is 4.59. The minimum absolute atomic E-state index is 0. The highest BCUT2D eigenvalue weighted by molar-refractivity contribution is 5.09. The first-order chi connectivity index (χ1) is 5.81. The van der Waals surface area contributed by atoms with Gasteiger partial charge in [-0.15, -0.1) is 0 Å². The summed E-state index contributed by atoms with van der Waals surface area (Å²) in [7, 11) is 6.46. The molecule has 0 amide bonds. The molecular formula is C10H20INO2. The minimum Gasteiger partial charge on any atom is -1.00 e. The molecule has 14 heavy (non-hydrogen) atoms. The van der Waals surface area contributed by atoms with Crippen molar-refractivity contribution < 1.29 is 37.9 Å². The van der Waals surface area contributed by atoms with E-state index in [0.717, 1.165) is 16.8 Å². The maximum atomic E-state index is 5.42. The van der Waals surface area contributed by atoms with E-state index in [-0.39, 0.29) is 29.6 Å². The summed E-state index contributed by atoms with van der Waals surface area (Å²) in [6.45, 7) is 5.40. The number of halogens is 1. The van der Waals surface area contributed by atoms with Crippen molar-refractivity contribution in [1.29, 1.82) is 0 Å². The second kappa shape index (κ2) is 4.81. The molecule has 4 heteroatoms. The Morgan fingerprint density at radius 3 is 2.29 bits per heavy atom. The molecule has 0 radical (unpaired) electrons. The standard InChI is InChI=1S/C10H20NO2.HI/c1-10(2)9(12-8-13-10)6-7-11(3,4)5;/h6H,7-8H2,1-5H3;1H/q+1;/p-1/b9-6+;. The molecule has 1 saturated heterocycles. The van der Waals surface area contributed by atoms with Gasteiger partial charge >= 0.3 is 0 Å².